The second-order valence-electron chi connectivity index (χ2n) is 8.07. The molecule has 8 heteroatoms. The Balaban J connectivity index is 1.42. The molecular formula is C23H27N3O4S. The molecule has 1 amide bonds. The fourth-order valence-electron chi connectivity index (χ4n) is 4.30. The molecule has 0 unspecified atom stereocenters. The van der Waals surface area contributed by atoms with Gasteiger partial charge in [0.1, 0.15) is 0 Å². The highest BCUT2D eigenvalue weighted by molar-refractivity contribution is 7.89. The van der Waals surface area contributed by atoms with Gasteiger partial charge in [-0.25, -0.2) is 8.42 Å². The van der Waals surface area contributed by atoms with Crippen molar-refractivity contribution in [1.82, 2.24) is 9.21 Å². The van der Waals surface area contributed by atoms with E-state index in [-0.39, 0.29) is 22.6 Å². The molecule has 0 N–H and O–H groups in total. The van der Waals surface area contributed by atoms with Crippen molar-refractivity contribution >= 4 is 27.4 Å². The lowest BCUT2D eigenvalue weighted by Gasteiger charge is -2.38. The van der Waals surface area contributed by atoms with Gasteiger partial charge in [0, 0.05) is 44.0 Å². The fourth-order valence-corrected chi connectivity index (χ4v) is 5.77. The van der Waals surface area contributed by atoms with Crippen LogP contribution in [0.2, 0.25) is 0 Å². The zero-order valence-corrected chi connectivity index (χ0v) is 18.6. The van der Waals surface area contributed by atoms with Crippen LogP contribution in [0.15, 0.2) is 53.4 Å². The van der Waals surface area contributed by atoms with Crippen LogP contribution in [-0.2, 0) is 21.2 Å². The number of hydrogen-bond acceptors (Lipinski definition) is 5. The first-order chi connectivity index (χ1) is 14.8. The van der Waals surface area contributed by atoms with Gasteiger partial charge in [-0.05, 0) is 44.0 Å². The lowest BCUT2D eigenvalue weighted by Crippen LogP contribution is -2.55. The van der Waals surface area contributed by atoms with Gasteiger partial charge < -0.3 is 4.90 Å². The lowest BCUT2D eigenvalue weighted by molar-refractivity contribution is -0.123. The van der Waals surface area contributed by atoms with Gasteiger partial charge in [-0.15, -0.1) is 0 Å². The molecule has 1 saturated heterocycles. The Kier molecular flexibility index (Phi) is 5.96. The molecule has 2 heterocycles. The smallest absolute Gasteiger partial charge is 0.244 e. The number of fused-ring (bicyclic) bond motifs is 1. The van der Waals surface area contributed by atoms with Crippen molar-refractivity contribution in [3.05, 3.63) is 59.7 Å². The molecule has 2 aliphatic heterocycles. The van der Waals surface area contributed by atoms with Gasteiger partial charge in [0.05, 0.1) is 10.9 Å². The third-order valence-corrected chi connectivity index (χ3v) is 8.10. The highest BCUT2D eigenvalue weighted by Gasteiger charge is 2.35. The van der Waals surface area contributed by atoms with Crippen LogP contribution in [0.1, 0.15) is 29.8 Å². The summed E-state index contributed by atoms with van der Waals surface area (Å²) in [5.74, 6) is -0.117. The largest absolute Gasteiger partial charge is 0.310 e. The number of benzene rings is 2. The molecule has 4 rings (SSSR count). The Hall–Kier alpha value is -2.55. The molecule has 0 aromatic heterocycles. The van der Waals surface area contributed by atoms with Crippen molar-refractivity contribution < 1.29 is 18.0 Å². The Labute approximate surface area is 183 Å². The molecule has 0 spiro atoms. The van der Waals surface area contributed by atoms with Crippen LogP contribution in [-0.4, -0.2) is 68.1 Å². The number of ketones is 1. The molecule has 164 valence electrons. The zero-order valence-electron chi connectivity index (χ0n) is 17.8. The van der Waals surface area contributed by atoms with Crippen LogP contribution >= 0.6 is 0 Å². The van der Waals surface area contributed by atoms with Gasteiger partial charge in [-0.1, -0.05) is 30.3 Å². The number of para-hydroxylation sites is 1. The van der Waals surface area contributed by atoms with E-state index >= 15 is 0 Å². The second kappa shape index (κ2) is 8.53. The van der Waals surface area contributed by atoms with E-state index in [2.05, 4.69) is 6.07 Å². The van der Waals surface area contributed by atoms with E-state index in [1.807, 2.05) is 34.9 Å². The second-order valence-corrected chi connectivity index (χ2v) is 10.0. The Morgan fingerprint density at radius 2 is 1.65 bits per heavy atom. The van der Waals surface area contributed by atoms with E-state index in [0.717, 1.165) is 12.1 Å². The Morgan fingerprint density at radius 1 is 0.935 bits per heavy atom. The van der Waals surface area contributed by atoms with E-state index in [4.69, 9.17) is 0 Å². The van der Waals surface area contributed by atoms with Crippen molar-refractivity contribution in [2.75, 3.05) is 37.6 Å². The third-order valence-electron chi connectivity index (χ3n) is 6.21. The number of nitrogens with zero attached hydrogens (tertiary/aromatic N) is 3. The van der Waals surface area contributed by atoms with Crippen molar-refractivity contribution in [2.45, 2.75) is 31.2 Å². The van der Waals surface area contributed by atoms with Gasteiger partial charge in [0.2, 0.25) is 15.9 Å². The minimum Gasteiger partial charge on any atom is -0.310 e. The van der Waals surface area contributed by atoms with Crippen LogP contribution in [0, 0.1) is 0 Å². The summed E-state index contributed by atoms with van der Waals surface area (Å²) in [6, 6.07) is 13.8. The Bertz CT molecular complexity index is 1110. The van der Waals surface area contributed by atoms with Crippen molar-refractivity contribution in [3.8, 4) is 0 Å². The normalized spacial score (nSPS) is 18.6. The molecule has 31 heavy (non-hydrogen) atoms. The van der Waals surface area contributed by atoms with Crippen LogP contribution in [0.25, 0.3) is 0 Å². The maximum atomic E-state index is 13.1. The summed E-state index contributed by atoms with van der Waals surface area (Å²) in [7, 11) is -3.68. The van der Waals surface area contributed by atoms with E-state index < -0.39 is 10.0 Å². The molecule has 1 atom stereocenters. The van der Waals surface area contributed by atoms with Gasteiger partial charge >= 0.3 is 0 Å². The molecule has 0 radical (unpaired) electrons. The minimum atomic E-state index is -3.68. The van der Waals surface area contributed by atoms with Gasteiger partial charge in [0.15, 0.2) is 5.78 Å². The zero-order chi connectivity index (χ0) is 22.2. The number of Topliss-reactive ketones (excluding diaryl/α,β-unsaturated/α-hetero) is 1. The van der Waals surface area contributed by atoms with E-state index in [1.54, 1.807) is 12.1 Å². The summed E-state index contributed by atoms with van der Waals surface area (Å²) < 4.78 is 27.5. The van der Waals surface area contributed by atoms with Crippen molar-refractivity contribution in [3.63, 3.8) is 0 Å². The SMILES string of the molecule is CC(=O)c1cccc(S(=O)(=O)N2CCN([C@@H](C)C(=O)N3CCc4ccccc43)CC2)c1. The van der Waals surface area contributed by atoms with Gasteiger partial charge in [-0.2, -0.15) is 4.31 Å². The van der Waals surface area contributed by atoms with Crippen molar-refractivity contribution in [2.24, 2.45) is 0 Å². The molecule has 7 nitrogen and oxygen atoms in total. The first kappa shape index (κ1) is 21.7. The van der Waals surface area contributed by atoms with Gasteiger partial charge in [0.25, 0.3) is 0 Å². The van der Waals surface area contributed by atoms with Crippen LogP contribution < -0.4 is 4.90 Å². The highest BCUT2D eigenvalue weighted by Crippen LogP contribution is 2.29. The molecule has 0 aliphatic carbocycles. The summed E-state index contributed by atoms with van der Waals surface area (Å²) in [6.45, 7) is 5.57. The maximum absolute atomic E-state index is 13.1. The molecule has 2 aromatic carbocycles. The standard InChI is InChI=1S/C23H27N3O4S/c1-17(23(28)26-11-10-19-6-3-4-9-22(19)26)24-12-14-25(15-13-24)31(29,30)21-8-5-7-20(16-21)18(2)27/h3-9,16-17H,10-15H2,1-2H3/t17-/m0/s1. The third kappa shape index (κ3) is 4.15. The van der Waals surface area contributed by atoms with Crippen molar-refractivity contribution in [1.29, 1.82) is 0 Å². The molecule has 1 fully saturated rings. The van der Waals surface area contributed by atoms with E-state index in [9.17, 15) is 18.0 Å². The summed E-state index contributed by atoms with van der Waals surface area (Å²) >= 11 is 0. The molecule has 0 bridgehead atoms. The molecular weight excluding hydrogens is 414 g/mol. The number of amides is 1. The number of sulfonamides is 1. The van der Waals surface area contributed by atoms with Gasteiger partial charge in [-0.3, -0.25) is 14.5 Å². The topological polar surface area (TPSA) is 78.0 Å². The van der Waals surface area contributed by atoms with Crippen LogP contribution in [0.5, 0.6) is 0 Å². The number of piperazine rings is 1. The summed E-state index contributed by atoms with van der Waals surface area (Å²) in [4.78, 5) is 28.8. The number of carbonyl (C=O) groups excluding carboxylic acids is 2. The predicted octanol–water partition coefficient (Wildman–Crippen LogP) is 2.17. The predicted molar refractivity (Wildman–Crippen MR) is 119 cm³/mol. The monoisotopic (exact) mass is 441 g/mol. The number of hydrogen-bond donors (Lipinski definition) is 0. The summed E-state index contributed by atoms with van der Waals surface area (Å²) in [6.07, 6.45) is 0.861. The summed E-state index contributed by atoms with van der Waals surface area (Å²) in [5, 5.41) is 0. The highest BCUT2D eigenvalue weighted by atomic mass is 32.2. The van der Waals surface area contributed by atoms with Crippen LogP contribution in [0.3, 0.4) is 0 Å². The number of anilines is 1. The average molecular weight is 442 g/mol. The fraction of sp³-hybridized carbons (Fsp3) is 0.391. The summed E-state index contributed by atoms with van der Waals surface area (Å²) in [5.41, 5.74) is 2.54. The number of rotatable bonds is 5. The molecule has 2 aromatic rings. The molecule has 0 saturated carbocycles. The molecule has 2 aliphatic rings. The maximum Gasteiger partial charge on any atom is 0.244 e. The quantitative estimate of drug-likeness (QED) is 0.665. The number of carbonyl (C=O) groups is 2. The lowest BCUT2D eigenvalue weighted by atomic mass is 10.1. The first-order valence-electron chi connectivity index (χ1n) is 10.5. The average Bonchev–Trinajstić information content (AvgIpc) is 3.22. The van der Waals surface area contributed by atoms with E-state index in [0.29, 0.717) is 38.3 Å². The van der Waals surface area contributed by atoms with E-state index in [1.165, 1.54) is 28.9 Å². The minimum absolute atomic E-state index is 0.0513. The Morgan fingerprint density at radius 3 is 2.35 bits per heavy atom. The van der Waals surface area contributed by atoms with Crippen LogP contribution in [0.4, 0.5) is 5.69 Å². The first-order valence-corrected chi connectivity index (χ1v) is 12.0.